The van der Waals surface area contributed by atoms with E-state index < -0.39 is 5.41 Å². The van der Waals surface area contributed by atoms with Gasteiger partial charge in [-0.3, -0.25) is 9.59 Å². The van der Waals surface area contributed by atoms with Crippen LogP contribution in [0.15, 0.2) is 60.7 Å². The van der Waals surface area contributed by atoms with E-state index in [1.807, 2.05) is 66.4 Å². The van der Waals surface area contributed by atoms with Gasteiger partial charge in [-0.2, -0.15) is 0 Å². The molecule has 1 aromatic heterocycles. The predicted octanol–water partition coefficient (Wildman–Crippen LogP) is 4.42. The summed E-state index contributed by atoms with van der Waals surface area (Å²) in [4.78, 5) is 38.9. The number of carbonyl (C=O) groups excluding carboxylic acids is 2. The van der Waals surface area contributed by atoms with E-state index in [2.05, 4.69) is 22.2 Å². The number of para-hydroxylation sites is 2. The Morgan fingerprint density at radius 1 is 1.03 bits per heavy atom. The molecule has 4 rings (SSSR count). The Morgan fingerprint density at radius 2 is 1.74 bits per heavy atom. The first-order valence-electron chi connectivity index (χ1n) is 11.5. The Bertz CT molecular complexity index is 1190. The largest absolute Gasteiger partial charge is 0.355 e. The Hall–Kier alpha value is -3.74. The summed E-state index contributed by atoms with van der Waals surface area (Å²) in [6, 6.07) is 19.1. The smallest absolute Gasteiger partial charge is 0.272 e. The van der Waals surface area contributed by atoms with Crippen molar-refractivity contribution in [1.29, 1.82) is 0 Å². The quantitative estimate of drug-likeness (QED) is 0.613. The van der Waals surface area contributed by atoms with E-state index in [0.29, 0.717) is 30.2 Å². The number of likely N-dealkylation sites (tertiary alicyclic amines) is 1. The van der Waals surface area contributed by atoms with Gasteiger partial charge in [-0.1, -0.05) is 37.3 Å². The van der Waals surface area contributed by atoms with Crippen LogP contribution in [0.4, 0.5) is 11.4 Å². The topological polar surface area (TPSA) is 78.4 Å². The normalized spacial score (nSPS) is 17.8. The number of hydrogen-bond acceptors (Lipinski definition) is 5. The van der Waals surface area contributed by atoms with Crippen LogP contribution in [-0.4, -0.2) is 58.8 Å². The summed E-state index contributed by atoms with van der Waals surface area (Å²) in [6.45, 7) is 5.12. The molecule has 1 aliphatic heterocycles. The van der Waals surface area contributed by atoms with E-state index in [1.54, 1.807) is 20.2 Å². The fourth-order valence-corrected chi connectivity index (χ4v) is 4.40. The molecule has 0 bridgehead atoms. The number of hydrogen-bond donors (Lipinski definition) is 1. The van der Waals surface area contributed by atoms with Crippen molar-refractivity contribution in [3.8, 4) is 0 Å². The predicted molar refractivity (Wildman–Crippen MR) is 133 cm³/mol. The van der Waals surface area contributed by atoms with Crippen LogP contribution in [0.3, 0.4) is 0 Å². The van der Waals surface area contributed by atoms with Gasteiger partial charge in [0.05, 0.1) is 11.3 Å². The second-order valence-electron chi connectivity index (χ2n) is 9.35. The summed E-state index contributed by atoms with van der Waals surface area (Å²) >= 11 is 0. The first-order valence-corrected chi connectivity index (χ1v) is 11.5. The van der Waals surface area contributed by atoms with Crippen molar-refractivity contribution in [3.63, 3.8) is 0 Å². The highest BCUT2D eigenvalue weighted by atomic mass is 16.2. The van der Waals surface area contributed by atoms with Gasteiger partial charge < -0.3 is 15.1 Å². The average Bonchev–Trinajstić information content (AvgIpc) is 2.83. The highest BCUT2D eigenvalue weighted by Gasteiger charge is 2.38. The molecule has 7 nitrogen and oxygen atoms in total. The van der Waals surface area contributed by atoms with Gasteiger partial charge in [0.25, 0.3) is 11.8 Å². The van der Waals surface area contributed by atoms with Gasteiger partial charge in [-0.15, -0.1) is 0 Å². The van der Waals surface area contributed by atoms with Gasteiger partial charge in [-0.25, -0.2) is 9.97 Å². The lowest BCUT2D eigenvalue weighted by Gasteiger charge is -2.39. The van der Waals surface area contributed by atoms with Gasteiger partial charge >= 0.3 is 0 Å². The molecule has 2 aromatic carbocycles. The number of benzene rings is 2. The van der Waals surface area contributed by atoms with E-state index in [0.717, 1.165) is 29.9 Å². The number of aryl methyl sites for hydroxylation is 1. The first-order chi connectivity index (χ1) is 16.3. The molecule has 34 heavy (non-hydrogen) atoms. The summed E-state index contributed by atoms with van der Waals surface area (Å²) in [6.07, 6.45) is 1.69. The lowest BCUT2D eigenvalue weighted by Crippen LogP contribution is -2.48. The number of nitrogens with one attached hydrogen (secondary N) is 1. The maximum absolute atomic E-state index is 13.6. The third kappa shape index (κ3) is 4.93. The van der Waals surface area contributed by atoms with Crippen LogP contribution in [-0.2, 0) is 5.41 Å². The molecule has 7 heteroatoms. The molecular weight excluding hydrogens is 426 g/mol. The lowest BCUT2D eigenvalue weighted by atomic mass is 9.80. The Labute approximate surface area is 200 Å². The summed E-state index contributed by atoms with van der Waals surface area (Å²) in [5, 5.41) is 3.37. The van der Waals surface area contributed by atoms with Gasteiger partial charge in [-0.05, 0) is 50.1 Å². The summed E-state index contributed by atoms with van der Waals surface area (Å²) in [7, 11) is 3.42. The monoisotopic (exact) mass is 457 g/mol. The van der Waals surface area contributed by atoms with Crippen LogP contribution in [0.25, 0.3) is 0 Å². The van der Waals surface area contributed by atoms with Crippen molar-refractivity contribution in [2.24, 2.45) is 0 Å². The molecule has 0 radical (unpaired) electrons. The van der Waals surface area contributed by atoms with Gasteiger partial charge in [0.1, 0.15) is 11.5 Å². The molecule has 1 aliphatic rings. The van der Waals surface area contributed by atoms with E-state index in [1.165, 1.54) is 4.90 Å². The van der Waals surface area contributed by atoms with E-state index >= 15 is 0 Å². The molecule has 2 heterocycles. The summed E-state index contributed by atoms with van der Waals surface area (Å²) < 4.78 is 0. The number of amides is 2. The molecule has 1 atom stereocenters. The molecule has 0 aliphatic carbocycles. The van der Waals surface area contributed by atoms with Crippen molar-refractivity contribution < 1.29 is 9.59 Å². The van der Waals surface area contributed by atoms with Crippen molar-refractivity contribution in [3.05, 3.63) is 83.4 Å². The number of piperidine rings is 1. The SMILES string of the molecule is Cc1cc(C(=O)N(C)C)nc([C@]2(C)CCCN(C(=O)c3ccccc3Nc3ccccc3)C2)n1. The molecule has 0 saturated carbocycles. The van der Waals surface area contributed by atoms with Crippen LogP contribution < -0.4 is 5.32 Å². The Balaban J connectivity index is 1.60. The summed E-state index contributed by atoms with van der Waals surface area (Å²) in [5.74, 6) is 0.438. The van der Waals surface area contributed by atoms with Crippen molar-refractivity contribution >= 4 is 23.2 Å². The number of aromatic nitrogens is 2. The summed E-state index contributed by atoms with van der Waals surface area (Å²) in [5.41, 5.74) is 3.02. The lowest BCUT2D eigenvalue weighted by molar-refractivity contribution is 0.0643. The second kappa shape index (κ2) is 9.63. The molecule has 3 aromatic rings. The van der Waals surface area contributed by atoms with E-state index in [-0.39, 0.29) is 11.8 Å². The van der Waals surface area contributed by atoms with E-state index in [4.69, 9.17) is 0 Å². The van der Waals surface area contributed by atoms with Gasteiger partial charge in [0, 0.05) is 44.0 Å². The van der Waals surface area contributed by atoms with E-state index in [9.17, 15) is 9.59 Å². The first kappa shape index (κ1) is 23.4. The third-order valence-corrected chi connectivity index (χ3v) is 6.21. The highest BCUT2D eigenvalue weighted by Crippen LogP contribution is 2.33. The average molecular weight is 458 g/mol. The minimum atomic E-state index is -0.441. The fraction of sp³-hybridized carbons (Fsp3) is 0.333. The zero-order valence-corrected chi connectivity index (χ0v) is 20.2. The van der Waals surface area contributed by atoms with Crippen molar-refractivity contribution in [2.75, 3.05) is 32.5 Å². The number of carbonyl (C=O) groups is 2. The molecule has 0 spiro atoms. The number of anilines is 2. The molecule has 1 N–H and O–H groups in total. The van der Waals surface area contributed by atoms with Crippen molar-refractivity contribution in [2.45, 2.75) is 32.1 Å². The van der Waals surface area contributed by atoms with Crippen LogP contribution in [0.2, 0.25) is 0 Å². The third-order valence-electron chi connectivity index (χ3n) is 6.21. The van der Waals surface area contributed by atoms with Crippen LogP contribution in [0.5, 0.6) is 0 Å². The van der Waals surface area contributed by atoms with Gasteiger partial charge in [0.15, 0.2) is 0 Å². The molecule has 2 amide bonds. The zero-order chi connectivity index (χ0) is 24.3. The van der Waals surface area contributed by atoms with Crippen LogP contribution >= 0.6 is 0 Å². The molecule has 1 fully saturated rings. The molecule has 0 unspecified atom stereocenters. The Kier molecular flexibility index (Phi) is 6.63. The van der Waals surface area contributed by atoms with Crippen LogP contribution in [0.1, 0.15) is 52.1 Å². The van der Waals surface area contributed by atoms with Crippen LogP contribution in [0, 0.1) is 6.92 Å². The minimum absolute atomic E-state index is 0.0257. The molecule has 1 saturated heterocycles. The molecule has 176 valence electrons. The van der Waals surface area contributed by atoms with Crippen molar-refractivity contribution in [1.82, 2.24) is 19.8 Å². The second-order valence-corrected chi connectivity index (χ2v) is 9.35. The standard InChI is InChI=1S/C27H31N5O2/c1-19-17-23(25(34)31(3)4)30-26(28-19)27(2)15-10-16-32(18-27)24(33)21-13-8-9-14-22(21)29-20-11-6-5-7-12-20/h5-9,11-14,17,29H,10,15-16,18H2,1-4H3/t27-/m1/s1. The molecular formula is C27H31N5O2. The zero-order valence-electron chi connectivity index (χ0n) is 20.2. The maximum atomic E-state index is 13.6. The highest BCUT2D eigenvalue weighted by molar-refractivity contribution is 6.00. The number of nitrogens with zero attached hydrogens (tertiary/aromatic N) is 4. The number of rotatable bonds is 5. The fourth-order valence-electron chi connectivity index (χ4n) is 4.40. The minimum Gasteiger partial charge on any atom is -0.355 e. The maximum Gasteiger partial charge on any atom is 0.272 e. The Morgan fingerprint density at radius 3 is 2.47 bits per heavy atom. The van der Waals surface area contributed by atoms with Gasteiger partial charge in [0.2, 0.25) is 0 Å².